The molecule has 0 saturated carbocycles. The molecule has 1 aliphatic heterocycles. The zero-order valence-corrected chi connectivity index (χ0v) is 14.6. The predicted octanol–water partition coefficient (Wildman–Crippen LogP) is -0.445. The van der Waals surface area contributed by atoms with Crippen LogP contribution in [0.15, 0.2) is 22.8 Å². The molecule has 1 fully saturated rings. The Bertz CT molecular complexity index is 714. The highest BCUT2D eigenvalue weighted by atomic mass is 16.3. The number of nitrogens with zero attached hydrogens (tertiary/aromatic N) is 3. The van der Waals surface area contributed by atoms with Crippen LogP contribution < -0.4 is 5.32 Å². The van der Waals surface area contributed by atoms with Gasteiger partial charge in [-0.15, -0.1) is 0 Å². The van der Waals surface area contributed by atoms with Crippen molar-refractivity contribution >= 4 is 29.7 Å². The molecule has 0 aliphatic carbocycles. The van der Waals surface area contributed by atoms with Gasteiger partial charge in [-0.1, -0.05) is 6.92 Å². The molecule has 1 aromatic rings. The van der Waals surface area contributed by atoms with Crippen LogP contribution in [0, 0.1) is 0 Å². The third-order valence-corrected chi connectivity index (χ3v) is 3.70. The summed E-state index contributed by atoms with van der Waals surface area (Å²) in [7, 11) is 1.38. The summed E-state index contributed by atoms with van der Waals surface area (Å²) in [4.78, 5) is 62.5. The Morgan fingerprint density at radius 2 is 1.88 bits per heavy atom. The topological polar surface area (TPSA) is 120 Å². The summed E-state index contributed by atoms with van der Waals surface area (Å²) in [6, 6.07) is 2.25. The minimum Gasteiger partial charge on any atom is -0.467 e. The lowest BCUT2D eigenvalue weighted by molar-refractivity contribution is -0.145. The molecule has 10 heteroatoms. The summed E-state index contributed by atoms with van der Waals surface area (Å²) in [5, 5.41) is 2.62. The number of hydrogen-bond donors (Lipinski definition) is 1. The number of urea groups is 1. The molecule has 140 valence electrons. The highest BCUT2D eigenvalue weighted by Gasteiger charge is 2.45. The van der Waals surface area contributed by atoms with Crippen LogP contribution in [0.5, 0.6) is 0 Å². The Labute approximate surface area is 149 Å². The summed E-state index contributed by atoms with van der Waals surface area (Å²) in [6.45, 7) is 1.36. The van der Waals surface area contributed by atoms with Gasteiger partial charge < -0.3 is 14.6 Å². The van der Waals surface area contributed by atoms with E-state index in [1.54, 1.807) is 12.1 Å². The first kappa shape index (κ1) is 19.2. The van der Waals surface area contributed by atoms with Gasteiger partial charge in [0.05, 0.1) is 19.4 Å². The summed E-state index contributed by atoms with van der Waals surface area (Å²) >= 11 is 0. The lowest BCUT2D eigenvalue weighted by atomic mass is 10.4. The minimum absolute atomic E-state index is 0.198. The number of amides is 6. The molecular formula is C16H20N4O6. The van der Waals surface area contributed by atoms with Crippen molar-refractivity contribution in [3.63, 3.8) is 0 Å². The molecular weight excluding hydrogens is 344 g/mol. The van der Waals surface area contributed by atoms with Crippen molar-refractivity contribution < 1.29 is 28.4 Å². The van der Waals surface area contributed by atoms with Crippen molar-refractivity contribution in [2.24, 2.45) is 0 Å². The zero-order valence-electron chi connectivity index (χ0n) is 14.6. The largest absolute Gasteiger partial charge is 0.467 e. The molecule has 10 nitrogen and oxygen atoms in total. The first-order chi connectivity index (χ1) is 12.3. The van der Waals surface area contributed by atoms with Gasteiger partial charge >= 0.3 is 17.8 Å². The van der Waals surface area contributed by atoms with Crippen LogP contribution in [0.1, 0.15) is 19.1 Å². The average molecular weight is 364 g/mol. The van der Waals surface area contributed by atoms with Crippen molar-refractivity contribution in [1.82, 2.24) is 20.0 Å². The number of rotatable bonds is 8. The molecule has 1 saturated heterocycles. The van der Waals surface area contributed by atoms with Crippen LogP contribution in [-0.2, 0) is 25.7 Å². The van der Waals surface area contributed by atoms with E-state index in [9.17, 15) is 24.0 Å². The molecule has 1 N–H and O–H groups in total. The van der Waals surface area contributed by atoms with Crippen LogP contribution >= 0.6 is 0 Å². The Balaban J connectivity index is 1.96. The van der Waals surface area contributed by atoms with Gasteiger partial charge in [0.15, 0.2) is 0 Å². The maximum absolute atomic E-state index is 12.3. The predicted molar refractivity (Wildman–Crippen MR) is 87.3 cm³/mol. The van der Waals surface area contributed by atoms with E-state index < -0.39 is 30.3 Å². The van der Waals surface area contributed by atoms with Gasteiger partial charge in [-0.2, -0.15) is 0 Å². The molecule has 0 radical (unpaired) electrons. The Hall–Kier alpha value is -3.17. The minimum atomic E-state index is -1.08. The van der Waals surface area contributed by atoms with Crippen molar-refractivity contribution in [1.29, 1.82) is 0 Å². The zero-order chi connectivity index (χ0) is 19.3. The van der Waals surface area contributed by atoms with Crippen LogP contribution in [0.4, 0.5) is 4.79 Å². The fourth-order valence-corrected chi connectivity index (χ4v) is 2.27. The van der Waals surface area contributed by atoms with E-state index in [0.29, 0.717) is 22.1 Å². The lowest BCUT2D eigenvalue weighted by Crippen LogP contribution is -2.45. The molecule has 26 heavy (non-hydrogen) atoms. The highest BCUT2D eigenvalue weighted by molar-refractivity contribution is 6.44. The van der Waals surface area contributed by atoms with Crippen LogP contribution in [0.25, 0.3) is 0 Å². The quantitative estimate of drug-likeness (QED) is 0.493. The third-order valence-electron chi connectivity index (χ3n) is 3.70. The summed E-state index contributed by atoms with van der Waals surface area (Å²) < 4.78 is 5.06. The average Bonchev–Trinajstić information content (AvgIpc) is 3.19. The molecule has 0 atom stereocenters. The van der Waals surface area contributed by atoms with Gasteiger partial charge in [0.25, 0.3) is 0 Å². The molecule has 0 unspecified atom stereocenters. The van der Waals surface area contributed by atoms with E-state index in [1.165, 1.54) is 13.3 Å². The normalized spacial score (nSPS) is 14.2. The van der Waals surface area contributed by atoms with Gasteiger partial charge in [-0.3, -0.25) is 19.2 Å². The first-order valence-corrected chi connectivity index (χ1v) is 8.05. The lowest BCUT2D eigenvalue weighted by Gasteiger charge is -2.20. The van der Waals surface area contributed by atoms with Gasteiger partial charge in [0.1, 0.15) is 12.3 Å². The van der Waals surface area contributed by atoms with Crippen LogP contribution in [-0.4, -0.2) is 71.0 Å². The van der Waals surface area contributed by atoms with E-state index in [2.05, 4.69) is 5.32 Å². The molecule has 1 aliphatic rings. The number of carbonyl (C=O) groups is 5. The van der Waals surface area contributed by atoms with E-state index in [-0.39, 0.29) is 19.0 Å². The number of furan rings is 1. The summed E-state index contributed by atoms with van der Waals surface area (Å²) in [5.41, 5.74) is 0. The second kappa shape index (κ2) is 8.28. The fourth-order valence-electron chi connectivity index (χ4n) is 2.27. The molecule has 0 spiro atoms. The highest BCUT2D eigenvalue weighted by Crippen LogP contribution is 2.16. The van der Waals surface area contributed by atoms with Crippen molar-refractivity contribution in [3.8, 4) is 0 Å². The Morgan fingerprint density at radius 1 is 1.19 bits per heavy atom. The van der Waals surface area contributed by atoms with Gasteiger partial charge in [-0.25, -0.2) is 14.6 Å². The monoisotopic (exact) mass is 364 g/mol. The number of imide groups is 2. The molecule has 2 heterocycles. The number of carbonyl (C=O) groups excluding carboxylic acids is 5. The van der Waals surface area contributed by atoms with Crippen molar-refractivity contribution in [2.45, 2.75) is 19.9 Å². The Morgan fingerprint density at radius 3 is 2.50 bits per heavy atom. The standard InChI is InChI=1S/C16H20N4O6/c1-3-6-17-12(21)9-18(2)13(22)10-20-15(24)14(23)19(16(20)25)8-11-5-4-7-26-11/h4-5,7H,3,6,8-10H2,1-2H3,(H,17,21). The van der Waals surface area contributed by atoms with E-state index >= 15 is 0 Å². The van der Waals surface area contributed by atoms with Gasteiger partial charge in [0.2, 0.25) is 11.8 Å². The molecule has 6 amide bonds. The fraction of sp³-hybridized carbons (Fsp3) is 0.438. The van der Waals surface area contributed by atoms with Gasteiger partial charge in [-0.05, 0) is 18.6 Å². The van der Waals surface area contributed by atoms with E-state index in [0.717, 1.165) is 11.3 Å². The smallest absolute Gasteiger partial charge is 0.335 e. The molecule has 0 aromatic carbocycles. The molecule has 0 bridgehead atoms. The molecule has 1 aromatic heterocycles. The second-order valence-electron chi connectivity index (χ2n) is 5.74. The maximum atomic E-state index is 12.3. The third kappa shape index (κ3) is 4.26. The van der Waals surface area contributed by atoms with E-state index in [1.807, 2.05) is 6.92 Å². The summed E-state index contributed by atoms with van der Waals surface area (Å²) in [6.07, 6.45) is 2.13. The maximum Gasteiger partial charge on any atom is 0.335 e. The van der Waals surface area contributed by atoms with E-state index in [4.69, 9.17) is 4.42 Å². The number of nitrogens with one attached hydrogen (secondary N) is 1. The van der Waals surface area contributed by atoms with Crippen molar-refractivity contribution in [3.05, 3.63) is 24.2 Å². The number of likely N-dealkylation sites (N-methyl/N-ethyl adjacent to an activating group) is 1. The molecule has 2 rings (SSSR count). The van der Waals surface area contributed by atoms with Crippen LogP contribution in [0.3, 0.4) is 0 Å². The van der Waals surface area contributed by atoms with Crippen LogP contribution in [0.2, 0.25) is 0 Å². The Kier molecular flexibility index (Phi) is 6.10. The first-order valence-electron chi connectivity index (χ1n) is 8.05. The summed E-state index contributed by atoms with van der Waals surface area (Å²) in [5.74, 6) is -2.76. The van der Waals surface area contributed by atoms with Gasteiger partial charge in [0, 0.05) is 13.6 Å². The van der Waals surface area contributed by atoms with Crippen molar-refractivity contribution in [2.75, 3.05) is 26.7 Å². The SMILES string of the molecule is CCCNC(=O)CN(C)C(=O)CN1C(=O)C(=O)N(Cc2ccco2)C1=O. The number of hydrogen-bond acceptors (Lipinski definition) is 6. The second-order valence-corrected chi connectivity index (χ2v) is 5.74.